The average Bonchev–Trinajstić information content (AvgIpc) is 3.10. The third-order valence-electron chi connectivity index (χ3n) is 11.3. The zero-order chi connectivity index (χ0) is 38.4. The molecule has 0 spiro atoms. The molecular formula is C40H65N3O9. The predicted molar refractivity (Wildman–Crippen MR) is 199 cm³/mol. The molecular weight excluding hydrogens is 666 g/mol. The molecule has 1 aromatic rings. The molecule has 52 heavy (non-hydrogen) atoms. The van der Waals surface area contributed by atoms with Gasteiger partial charge in [-0.3, -0.25) is 9.78 Å². The molecule has 12 nitrogen and oxygen atoms in total. The van der Waals surface area contributed by atoms with Crippen molar-refractivity contribution in [2.45, 2.75) is 141 Å². The van der Waals surface area contributed by atoms with E-state index in [1.807, 2.05) is 96.2 Å². The Hall–Kier alpha value is -2.42. The van der Waals surface area contributed by atoms with Crippen molar-refractivity contribution in [3.8, 4) is 0 Å². The lowest BCUT2D eigenvalue weighted by molar-refractivity contribution is -0.303. The van der Waals surface area contributed by atoms with Gasteiger partial charge < -0.3 is 48.8 Å². The van der Waals surface area contributed by atoms with Gasteiger partial charge in [-0.05, 0) is 92.1 Å². The van der Waals surface area contributed by atoms with Crippen molar-refractivity contribution in [3.05, 3.63) is 48.4 Å². The summed E-state index contributed by atoms with van der Waals surface area (Å²) < 4.78 is 32.4. The number of cyclic esters (lactones) is 1. The van der Waals surface area contributed by atoms with Crippen LogP contribution in [0.1, 0.15) is 80.3 Å². The van der Waals surface area contributed by atoms with Gasteiger partial charge in [0.2, 0.25) is 0 Å². The first-order valence-electron chi connectivity index (χ1n) is 19.0. The molecule has 0 saturated carbocycles. The second-order valence-electron chi connectivity index (χ2n) is 16.0. The summed E-state index contributed by atoms with van der Waals surface area (Å²) in [4.78, 5) is 22.5. The molecule has 0 aromatic carbocycles. The van der Waals surface area contributed by atoms with Gasteiger partial charge in [0.1, 0.15) is 23.9 Å². The van der Waals surface area contributed by atoms with E-state index in [-0.39, 0.29) is 37.3 Å². The van der Waals surface area contributed by atoms with E-state index in [9.17, 15) is 20.1 Å². The van der Waals surface area contributed by atoms with Crippen molar-refractivity contribution in [2.24, 2.45) is 17.8 Å². The van der Waals surface area contributed by atoms with Crippen LogP contribution in [0.25, 0.3) is 6.08 Å². The number of aliphatic hydroxyl groups excluding tert-OH is 2. The molecule has 2 fully saturated rings. The van der Waals surface area contributed by atoms with Gasteiger partial charge in [-0.1, -0.05) is 39.0 Å². The highest BCUT2D eigenvalue weighted by Gasteiger charge is 2.51. The molecule has 4 rings (SSSR count). The molecule has 1 aromatic heterocycles. The maximum atomic E-state index is 13.9. The van der Waals surface area contributed by atoms with E-state index in [0.717, 1.165) is 5.69 Å². The SMILES string of the molecule is CC[C@H]1OC(=O)C(C)C(O)[C@H](C)[C@@H](O[C@@H]2O[C@H](C)C[C@H](N(C)C)[C@H]2O)[C@@]2(C)C[C@@H](C)CN(/C=C/c3ccccn3)[C@H](C)[C@H](OC/C=C\CO2)[C@]1(C)O. The van der Waals surface area contributed by atoms with Crippen LogP contribution in [0.15, 0.2) is 42.7 Å². The zero-order valence-electron chi connectivity index (χ0n) is 32.9. The number of esters is 1. The van der Waals surface area contributed by atoms with Crippen LogP contribution in [0.4, 0.5) is 0 Å². The number of ether oxygens (including phenoxy) is 5. The number of fused-ring (bicyclic) bond motifs is 6. The standard InChI is InChI=1S/C40H65N3O9/c1-11-32-40(8,47)36-29(6)43(19-17-30-16-12-13-18-41-30)24-25(2)23-39(7,49-21-15-14-20-48-36)35(27(4)33(44)28(5)37(46)51-32)52-38-34(45)31(42(9)10)22-26(3)50-38/h12-19,25-29,31-36,38,44-45,47H,11,20-24H2,1-10H3/b15-14-,19-17+/t25-,26-,27+,28?,29-,31+,32-,33?,34-,35-,36+,38+,39-,40-/m1/s1. The lowest BCUT2D eigenvalue weighted by Crippen LogP contribution is -2.60. The molecule has 3 aliphatic rings. The summed E-state index contributed by atoms with van der Waals surface area (Å²) in [7, 11) is 3.84. The number of hydrogen-bond donors (Lipinski definition) is 3. The first-order chi connectivity index (χ1) is 24.5. The van der Waals surface area contributed by atoms with Gasteiger partial charge in [-0.15, -0.1) is 0 Å². The Bertz CT molecular complexity index is 1330. The second-order valence-corrected chi connectivity index (χ2v) is 16.0. The third-order valence-corrected chi connectivity index (χ3v) is 11.3. The van der Waals surface area contributed by atoms with E-state index in [0.29, 0.717) is 25.8 Å². The van der Waals surface area contributed by atoms with Gasteiger partial charge in [0.15, 0.2) is 6.29 Å². The van der Waals surface area contributed by atoms with Crippen LogP contribution in [-0.4, -0.2) is 136 Å². The van der Waals surface area contributed by atoms with Gasteiger partial charge >= 0.3 is 5.97 Å². The number of hydrogen-bond acceptors (Lipinski definition) is 12. The minimum atomic E-state index is -1.61. The van der Waals surface area contributed by atoms with Crippen LogP contribution in [0.5, 0.6) is 0 Å². The topological polar surface area (TPSA) is 143 Å². The third kappa shape index (κ3) is 10.0. The number of aromatic nitrogens is 1. The van der Waals surface area contributed by atoms with Crippen LogP contribution in [0.2, 0.25) is 0 Å². The Morgan fingerprint density at radius 3 is 2.44 bits per heavy atom. The highest BCUT2D eigenvalue weighted by molar-refractivity contribution is 5.73. The molecule has 2 bridgehead atoms. The molecule has 0 aliphatic carbocycles. The Balaban J connectivity index is 1.87. The second kappa shape index (κ2) is 18.3. The molecule has 3 N–H and O–H groups in total. The lowest BCUT2D eigenvalue weighted by atomic mass is 9.77. The van der Waals surface area contributed by atoms with E-state index in [2.05, 4.69) is 16.8 Å². The summed E-state index contributed by atoms with van der Waals surface area (Å²) in [6.45, 7) is 16.0. The molecule has 2 saturated heterocycles. The van der Waals surface area contributed by atoms with Crippen LogP contribution in [-0.2, 0) is 28.5 Å². The monoisotopic (exact) mass is 731 g/mol. The quantitative estimate of drug-likeness (QED) is 0.287. The Morgan fingerprint density at radius 2 is 1.79 bits per heavy atom. The highest BCUT2D eigenvalue weighted by atomic mass is 16.7. The van der Waals surface area contributed by atoms with Crippen LogP contribution < -0.4 is 0 Å². The van der Waals surface area contributed by atoms with Crippen LogP contribution >= 0.6 is 0 Å². The Morgan fingerprint density at radius 1 is 1.08 bits per heavy atom. The summed E-state index contributed by atoms with van der Waals surface area (Å²) in [5.74, 6) is -2.33. The van der Waals surface area contributed by atoms with Crippen molar-refractivity contribution in [1.29, 1.82) is 0 Å². The first kappa shape index (κ1) is 42.3. The first-order valence-corrected chi connectivity index (χ1v) is 19.0. The lowest BCUT2D eigenvalue weighted by Gasteiger charge is -2.48. The fraction of sp³-hybridized carbons (Fsp3) is 0.750. The van der Waals surface area contributed by atoms with Crippen molar-refractivity contribution in [1.82, 2.24) is 14.8 Å². The number of pyridine rings is 1. The number of carbonyl (C=O) groups excluding carboxylic acids is 1. The normalized spacial score (nSPS) is 42.4. The Labute approximate surface area is 311 Å². The number of aliphatic hydroxyl groups is 3. The minimum absolute atomic E-state index is 0.0281. The van der Waals surface area contributed by atoms with Gasteiger partial charge in [0.05, 0.1) is 54.8 Å². The number of likely N-dealkylation sites (N-methyl/N-ethyl adjacent to an activating group) is 1. The number of nitrogens with zero attached hydrogens (tertiary/aromatic N) is 3. The van der Waals surface area contributed by atoms with E-state index in [1.54, 1.807) is 20.0 Å². The van der Waals surface area contributed by atoms with Gasteiger partial charge in [-0.25, -0.2) is 0 Å². The molecule has 12 heteroatoms. The van der Waals surface area contributed by atoms with E-state index in [4.69, 9.17) is 23.7 Å². The zero-order valence-corrected chi connectivity index (χ0v) is 32.9. The molecule has 0 amide bonds. The van der Waals surface area contributed by atoms with Gasteiger partial charge in [0, 0.05) is 30.9 Å². The molecule has 4 heterocycles. The largest absolute Gasteiger partial charge is 0.459 e. The molecule has 294 valence electrons. The van der Waals surface area contributed by atoms with E-state index >= 15 is 0 Å². The summed E-state index contributed by atoms with van der Waals surface area (Å²) in [5, 5.41) is 35.8. The van der Waals surface area contributed by atoms with Crippen molar-refractivity contribution < 1.29 is 43.8 Å². The van der Waals surface area contributed by atoms with Gasteiger partial charge in [0.25, 0.3) is 0 Å². The summed E-state index contributed by atoms with van der Waals surface area (Å²) in [6, 6.07) is 5.11. The number of rotatable bonds is 6. The van der Waals surface area contributed by atoms with Gasteiger partial charge in [-0.2, -0.15) is 0 Å². The van der Waals surface area contributed by atoms with Crippen molar-refractivity contribution >= 4 is 12.0 Å². The summed E-state index contributed by atoms with van der Waals surface area (Å²) >= 11 is 0. The smallest absolute Gasteiger partial charge is 0.311 e. The maximum Gasteiger partial charge on any atom is 0.311 e. The maximum absolute atomic E-state index is 13.9. The van der Waals surface area contributed by atoms with Crippen LogP contribution in [0.3, 0.4) is 0 Å². The van der Waals surface area contributed by atoms with Crippen molar-refractivity contribution in [2.75, 3.05) is 33.9 Å². The van der Waals surface area contributed by atoms with Crippen molar-refractivity contribution in [3.63, 3.8) is 0 Å². The summed E-state index contributed by atoms with van der Waals surface area (Å²) in [5.41, 5.74) is -1.87. The van der Waals surface area contributed by atoms with E-state index < -0.39 is 65.8 Å². The molecule has 0 radical (unpaired) electrons. The molecule has 14 atom stereocenters. The average molecular weight is 732 g/mol. The summed E-state index contributed by atoms with van der Waals surface area (Å²) in [6.07, 6.45) is 4.86. The minimum Gasteiger partial charge on any atom is -0.459 e. The fourth-order valence-corrected chi connectivity index (χ4v) is 8.33. The molecule has 3 aliphatic heterocycles. The number of carbonyl (C=O) groups is 1. The fourth-order valence-electron chi connectivity index (χ4n) is 8.33. The van der Waals surface area contributed by atoms with E-state index in [1.165, 1.54) is 0 Å². The predicted octanol–water partition coefficient (Wildman–Crippen LogP) is 4.03. The Kier molecular flexibility index (Phi) is 14.9. The molecule has 2 unspecified atom stereocenters. The van der Waals surface area contributed by atoms with Crippen LogP contribution in [0, 0.1) is 17.8 Å². The highest BCUT2D eigenvalue weighted by Crippen LogP contribution is 2.39.